The van der Waals surface area contributed by atoms with Crippen LogP contribution in [0.2, 0.25) is 0 Å². The first-order chi connectivity index (χ1) is 9.74. The van der Waals surface area contributed by atoms with Crippen molar-refractivity contribution in [1.29, 1.82) is 0 Å². The molecule has 1 aromatic carbocycles. The number of rotatable bonds is 4. The summed E-state index contributed by atoms with van der Waals surface area (Å²) in [5.74, 6) is 0.678. The molecule has 0 unspecified atom stereocenters. The Morgan fingerprint density at radius 3 is 2.80 bits per heavy atom. The Morgan fingerprint density at radius 2 is 2.00 bits per heavy atom. The molecule has 2 heterocycles. The van der Waals surface area contributed by atoms with Crippen molar-refractivity contribution in [2.24, 2.45) is 5.73 Å². The quantitative estimate of drug-likeness (QED) is 0.748. The lowest BCUT2D eigenvalue weighted by Crippen LogP contribution is -2.11. The van der Waals surface area contributed by atoms with Crippen molar-refractivity contribution in [3.63, 3.8) is 0 Å². The smallest absolute Gasteiger partial charge is 0.137 e. The van der Waals surface area contributed by atoms with Gasteiger partial charge in [-0.3, -0.25) is 0 Å². The first-order valence-corrected chi connectivity index (χ1v) is 6.59. The van der Waals surface area contributed by atoms with Crippen LogP contribution >= 0.6 is 12.2 Å². The average molecular weight is 283 g/mol. The van der Waals surface area contributed by atoms with Crippen molar-refractivity contribution >= 4 is 22.9 Å². The van der Waals surface area contributed by atoms with Gasteiger partial charge in [-0.15, -0.1) is 0 Å². The van der Waals surface area contributed by atoms with Crippen LogP contribution in [-0.4, -0.2) is 14.4 Å². The van der Waals surface area contributed by atoms with E-state index in [1.54, 1.807) is 0 Å². The van der Waals surface area contributed by atoms with Crippen LogP contribution in [0, 0.1) is 0 Å². The average Bonchev–Trinajstić information content (AvgIpc) is 2.88. The van der Waals surface area contributed by atoms with Gasteiger partial charge in [0.1, 0.15) is 23.0 Å². The molecule has 100 valence electrons. The maximum atomic E-state index is 5.77. The summed E-state index contributed by atoms with van der Waals surface area (Å²) in [6.45, 7) is 0.376. The standard InChI is InChI=1S/C15H13N3OS/c16-15(20)12-5-1-2-6-13(12)19-10-11-9-18-8-4-3-7-14(18)17-11/h1-9H,10H2,(H2,16,20). The van der Waals surface area contributed by atoms with Crippen LogP contribution in [0.3, 0.4) is 0 Å². The third-order valence-electron chi connectivity index (χ3n) is 2.94. The molecular formula is C15H13N3OS. The van der Waals surface area contributed by atoms with E-state index in [4.69, 9.17) is 22.7 Å². The monoisotopic (exact) mass is 283 g/mol. The van der Waals surface area contributed by atoms with Gasteiger partial charge >= 0.3 is 0 Å². The summed E-state index contributed by atoms with van der Waals surface area (Å²) >= 11 is 5.01. The zero-order chi connectivity index (χ0) is 13.9. The number of fused-ring (bicyclic) bond motifs is 1. The molecule has 3 rings (SSSR count). The molecule has 0 aliphatic heterocycles. The van der Waals surface area contributed by atoms with Crippen molar-refractivity contribution in [3.05, 3.63) is 66.1 Å². The first kappa shape index (κ1) is 12.6. The number of pyridine rings is 1. The van der Waals surface area contributed by atoms with Gasteiger partial charge in [0.05, 0.1) is 11.3 Å². The number of benzene rings is 1. The van der Waals surface area contributed by atoms with Gasteiger partial charge in [0.25, 0.3) is 0 Å². The third-order valence-corrected chi connectivity index (χ3v) is 3.16. The number of hydrogen-bond acceptors (Lipinski definition) is 3. The van der Waals surface area contributed by atoms with E-state index in [2.05, 4.69) is 4.98 Å². The van der Waals surface area contributed by atoms with E-state index in [0.29, 0.717) is 17.3 Å². The lowest BCUT2D eigenvalue weighted by Gasteiger charge is -2.08. The van der Waals surface area contributed by atoms with Crippen LogP contribution in [-0.2, 0) is 6.61 Å². The molecule has 0 spiro atoms. The highest BCUT2D eigenvalue weighted by molar-refractivity contribution is 7.80. The molecular weight excluding hydrogens is 270 g/mol. The van der Waals surface area contributed by atoms with E-state index in [-0.39, 0.29) is 0 Å². The Labute approximate surface area is 121 Å². The van der Waals surface area contributed by atoms with Crippen molar-refractivity contribution in [1.82, 2.24) is 9.38 Å². The summed E-state index contributed by atoms with van der Waals surface area (Å²) in [7, 11) is 0. The fourth-order valence-electron chi connectivity index (χ4n) is 2.00. The number of thiocarbonyl (C=S) groups is 1. The summed E-state index contributed by atoms with van der Waals surface area (Å²) in [6, 6.07) is 13.3. The molecule has 4 nitrogen and oxygen atoms in total. The largest absolute Gasteiger partial charge is 0.486 e. The highest BCUT2D eigenvalue weighted by atomic mass is 32.1. The number of para-hydroxylation sites is 1. The van der Waals surface area contributed by atoms with Gasteiger partial charge in [0.15, 0.2) is 0 Å². The van der Waals surface area contributed by atoms with Crippen molar-refractivity contribution in [2.45, 2.75) is 6.61 Å². The van der Waals surface area contributed by atoms with E-state index >= 15 is 0 Å². The summed E-state index contributed by atoms with van der Waals surface area (Å²) in [5.41, 5.74) is 8.17. The molecule has 2 N–H and O–H groups in total. The summed E-state index contributed by atoms with van der Waals surface area (Å²) in [5, 5.41) is 0. The first-order valence-electron chi connectivity index (χ1n) is 6.18. The van der Waals surface area contributed by atoms with Gasteiger partial charge in [-0.05, 0) is 24.3 Å². The Bertz CT molecular complexity index is 733. The van der Waals surface area contributed by atoms with Crippen LogP contribution in [0.5, 0.6) is 5.75 Å². The molecule has 0 fully saturated rings. The van der Waals surface area contributed by atoms with Crippen LogP contribution in [0.15, 0.2) is 54.9 Å². The lowest BCUT2D eigenvalue weighted by molar-refractivity contribution is 0.301. The Kier molecular flexibility index (Phi) is 3.35. The normalized spacial score (nSPS) is 10.6. The van der Waals surface area contributed by atoms with E-state index in [1.165, 1.54) is 0 Å². The summed E-state index contributed by atoms with van der Waals surface area (Å²) in [6.07, 6.45) is 3.90. The number of hydrogen-bond donors (Lipinski definition) is 1. The Balaban J connectivity index is 1.81. The minimum absolute atomic E-state index is 0.329. The molecule has 5 heteroatoms. The Hall–Kier alpha value is -2.40. The van der Waals surface area contributed by atoms with Gasteiger partial charge in [-0.1, -0.05) is 30.4 Å². The van der Waals surface area contributed by atoms with Gasteiger partial charge in [0.2, 0.25) is 0 Å². The lowest BCUT2D eigenvalue weighted by atomic mass is 10.2. The topological polar surface area (TPSA) is 52.5 Å². The van der Waals surface area contributed by atoms with Crippen LogP contribution in [0.1, 0.15) is 11.3 Å². The summed E-state index contributed by atoms with van der Waals surface area (Å²) < 4.78 is 7.73. The third kappa shape index (κ3) is 2.48. The van der Waals surface area contributed by atoms with Gasteiger partial charge in [0, 0.05) is 12.4 Å². The van der Waals surface area contributed by atoms with Crippen molar-refractivity contribution < 1.29 is 4.74 Å². The second kappa shape index (κ2) is 5.30. The number of nitrogens with zero attached hydrogens (tertiary/aromatic N) is 2. The SMILES string of the molecule is NC(=S)c1ccccc1OCc1cn2ccccc2n1. The Morgan fingerprint density at radius 1 is 1.20 bits per heavy atom. The van der Waals surface area contributed by atoms with Crippen LogP contribution in [0.4, 0.5) is 0 Å². The summed E-state index contributed by atoms with van der Waals surface area (Å²) in [4.78, 5) is 4.81. The number of imidazole rings is 1. The van der Waals surface area contributed by atoms with E-state index in [9.17, 15) is 0 Å². The highest BCUT2D eigenvalue weighted by Crippen LogP contribution is 2.19. The molecule has 0 saturated carbocycles. The zero-order valence-electron chi connectivity index (χ0n) is 10.7. The van der Waals surface area contributed by atoms with Gasteiger partial charge in [-0.2, -0.15) is 0 Å². The second-order valence-corrected chi connectivity index (χ2v) is 4.79. The molecule has 0 radical (unpaired) electrons. The number of aromatic nitrogens is 2. The molecule has 20 heavy (non-hydrogen) atoms. The molecule has 0 bridgehead atoms. The minimum atomic E-state index is 0.329. The molecule has 0 aliphatic carbocycles. The molecule has 0 aliphatic rings. The van der Waals surface area contributed by atoms with E-state index in [1.807, 2.05) is 59.3 Å². The van der Waals surface area contributed by atoms with Crippen LogP contribution in [0.25, 0.3) is 5.65 Å². The number of nitrogens with two attached hydrogens (primary N) is 1. The van der Waals surface area contributed by atoms with Crippen molar-refractivity contribution in [3.8, 4) is 5.75 Å². The second-order valence-electron chi connectivity index (χ2n) is 4.35. The van der Waals surface area contributed by atoms with E-state index in [0.717, 1.165) is 16.9 Å². The highest BCUT2D eigenvalue weighted by Gasteiger charge is 2.07. The fraction of sp³-hybridized carbons (Fsp3) is 0.0667. The number of ether oxygens (including phenoxy) is 1. The molecule has 2 aromatic heterocycles. The fourth-order valence-corrected chi connectivity index (χ4v) is 2.17. The molecule has 3 aromatic rings. The maximum absolute atomic E-state index is 5.77. The van der Waals surface area contributed by atoms with Crippen molar-refractivity contribution in [2.75, 3.05) is 0 Å². The maximum Gasteiger partial charge on any atom is 0.137 e. The van der Waals surface area contributed by atoms with Gasteiger partial charge < -0.3 is 14.9 Å². The molecule has 0 amide bonds. The van der Waals surface area contributed by atoms with E-state index < -0.39 is 0 Å². The molecule has 0 saturated heterocycles. The van der Waals surface area contributed by atoms with Gasteiger partial charge in [-0.25, -0.2) is 4.98 Å². The predicted molar refractivity (Wildman–Crippen MR) is 81.9 cm³/mol. The minimum Gasteiger partial charge on any atom is -0.486 e. The van der Waals surface area contributed by atoms with Crippen LogP contribution < -0.4 is 10.5 Å². The molecule has 0 atom stereocenters. The predicted octanol–water partition coefficient (Wildman–Crippen LogP) is 2.55. The zero-order valence-corrected chi connectivity index (χ0v) is 11.5.